The van der Waals surface area contributed by atoms with E-state index in [1.54, 1.807) is 0 Å². The summed E-state index contributed by atoms with van der Waals surface area (Å²) >= 11 is 7.31. The molecule has 0 bridgehead atoms. The van der Waals surface area contributed by atoms with Gasteiger partial charge in [-0.2, -0.15) is 4.99 Å². The molecule has 1 aromatic carbocycles. The maximum absolute atomic E-state index is 12.2. The van der Waals surface area contributed by atoms with Gasteiger partial charge in [-0.3, -0.25) is 4.79 Å². The third-order valence-corrected chi connectivity index (χ3v) is 4.91. The highest BCUT2D eigenvalue weighted by Crippen LogP contribution is 2.33. The van der Waals surface area contributed by atoms with Gasteiger partial charge in [0.1, 0.15) is 0 Å². The van der Waals surface area contributed by atoms with E-state index in [-0.39, 0.29) is 18.0 Å². The van der Waals surface area contributed by atoms with E-state index in [1.807, 2.05) is 30.3 Å². The van der Waals surface area contributed by atoms with Gasteiger partial charge in [0.15, 0.2) is 5.17 Å². The predicted octanol–water partition coefficient (Wildman–Crippen LogP) is 3.42. The number of carbonyl (C=O) groups is 1. The minimum absolute atomic E-state index is 0.180. The van der Waals surface area contributed by atoms with Gasteiger partial charge in [0.25, 0.3) is 5.91 Å². The normalized spacial score (nSPS) is 27.4. The fourth-order valence-electron chi connectivity index (χ4n) is 2.60. The zero-order chi connectivity index (χ0) is 15.7. The Bertz CT molecular complexity index is 632. The molecule has 0 radical (unpaired) electrons. The van der Waals surface area contributed by atoms with E-state index in [0.29, 0.717) is 23.1 Å². The number of nitrogens with zero attached hydrogens (tertiary/aromatic N) is 2. The second kappa shape index (κ2) is 6.44. The first-order chi connectivity index (χ1) is 10.5. The van der Waals surface area contributed by atoms with Gasteiger partial charge in [-0.1, -0.05) is 23.7 Å². The van der Waals surface area contributed by atoms with Gasteiger partial charge < -0.3 is 9.64 Å². The van der Waals surface area contributed by atoms with Crippen molar-refractivity contribution < 1.29 is 9.53 Å². The fourth-order valence-corrected chi connectivity index (χ4v) is 3.84. The number of hydrogen-bond donors (Lipinski definition) is 0. The van der Waals surface area contributed by atoms with E-state index in [2.05, 4.69) is 23.7 Å². The van der Waals surface area contributed by atoms with Crippen molar-refractivity contribution in [2.45, 2.75) is 25.9 Å². The van der Waals surface area contributed by atoms with Crippen molar-refractivity contribution in [2.24, 2.45) is 4.99 Å². The number of rotatable bonds is 1. The summed E-state index contributed by atoms with van der Waals surface area (Å²) in [5, 5.41) is 1.45. The monoisotopic (exact) mass is 336 g/mol. The first-order valence-corrected chi connectivity index (χ1v) is 8.38. The highest BCUT2D eigenvalue weighted by atomic mass is 35.5. The van der Waals surface area contributed by atoms with Gasteiger partial charge in [0.05, 0.1) is 30.2 Å². The number of halogens is 1. The number of morpholine rings is 1. The third kappa shape index (κ3) is 3.21. The summed E-state index contributed by atoms with van der Waals surface area (Å²) in [6.45, 7) is 5.50. The Labute approximate surface area is 139 Å². The molecule has 6 heteroatoms. The van der Waals surface area contributed by atoms with Crippen LogP contribution in [0.25, 0.3) is 6.08 Å². The zero-order valence-electron chi connectivity index (χ0n) is 12.5. The standard InChI is InChI=1S/C16H17ClN2O2S/c1-10-8-21-9-11(2)19(10)16-18-15(20)14(22-16)7-12-3-5-13(17)6-4-12/h3-7,10-11H,8-9H2,1-2H3/b14-7-. The maximum Gasteiger partial charge on any atom is 0.286 e. The molecule has 0 N–H and O–H groups in total. The quantitative estimate of drug-likeness (QED) is 0.737. The number of amides is 1. The Balaban J connectivity index is 1.79. The minimum Gasteiger partial charge on any atom is -0.377 e. The SMILES string of the molecule is CC1COCC(C)N1C1=NC(=O)/C(=C/c2ccc(Cl)cc2)S1. The molecule has 0 aliphatic carbocycles. The Morgan fingerprint density at radius 2 is 1.91 bits per heavy atom. The van der Waals surface area contributed by atoms with Gasteiger partial charge in [-0.25, -0.2) is 0 Å². The first kappa shape index (κ1) is 15.6. The Hall–Kier alpha value is -1.30. The molecule has 4 nitrogen and oxygen atoms in total. The molecule has 116 valence electrons. The average molecular weight is 337 g/mol. The number of carbonyl (C=O) groups excluding carboxylic acids is 1. The molecule has 0 spiro atoms. The van der Waals surface area contributed by atoms with Crippen LogP contribution in [0.3, 0.4) is 0 Å². The van der Waals surface area contributed by atoms with E-state index in [1.165, 1.54) is 11.8 Å². The Morgan fingerprint density at radius 1 is 1.27 bits per heavy atom. The van der Waals surface area contributed by atoms with E-state index in [9.17, 15) is 4.79 Å². The van der Waals surface area contributed by atoms with Crippen LogP contribution in [0, 0.1) is 0 Å². The lowest BCUT2D eigenvalue weighted by Gasteiger charge is -2.39. The summed E-state index contributed by atoms with van der Waals surface area (Å²) in [5.41, 5.74) is 0.944. The number of thioether (sulfide) groups is 1. The molecule has 2 unspecified atom stereocenters. The van der Waals surface area contributed by atoms with Crippen LogP contribution in [-0.4, -0.2) is 41.3 Å². The number of benzene rings is 1. The predicted molar refractivity (Wildman–Crippen MR) is 91.0 cm³/mol. The molecule has 1 amide bonds. The molecular weight excluding hydrogens is 320 g/mol. The van der Waals surface area contributed by atoms with E-state index in [4.69, 9.17) is 16.3 Å². The van der Waals surface area contributed by atoms with Crippen molar-refractivity contribution in [3.05, 3.63) is 39.8 Å². The summed E-state index contributed by atoms with van der Waals surface area (Å²) in [6.07, 6.45) is 1.86. The lowest BCUT2D eigenvalue weighted by Crippen LogP contribution is -2.51. The second-order valence-corrected chi connectivity index (χ2v) is 6.95. The van der Waals surface area contributed by atoms with Crippen LogP contribution in [0.1, 0.15) is 19.4 Å². The number of aliphatic imine (C=N–C) groups is 1. The van der Waals surface area contributed by atoms with E-state index < -0.39 is 0 Å². The highest BCUT2D eigenvalue weighted by Gasteiger charge is 2.33. The van der Waals surface area contributed by atoms with E-state index >= 15 is 0 Å². The van der Waals surface area contributed by atoms with Crippen LogP contribution in [0.15, 0.2) is 34.2 Å². The van der Waals surface area contributed by atoms with Crippen molar-refractivity contribution in [2.75, 3.05) is 13.2 Å². The van der Waals surface area contributed by atoms with Crippen LogP contribution in [0.5, 0.6) is 0 Å². The zero-order valence-corrected chi connectivity index (χ0v) is 14.0. The minimum atomic E-state index is -0.180. The summed E-state index contributed by atoms with van der Waals surface area (Å²) in [6, 6.07) is 7.84. The molecule has 1 aromatic rings. The molecule has 22 heavy (non-hydrogen) atoms. The molecule has 0 aromatic heterocycles. The molecule has 2 heterocycles. The molecule has 3 rings (SSSR count). The van der Waals surface area contributed by atoms with Crippen LogP contribution in [0.4, 0.5) is 0 Å². The summed E-state index contributed by atoms with van der Waals surface area (Å²) in [5.74, 6) is -0.180. The number of ether oxygens (including phenoxy) is 1. The lowest BCUT2D eigenvalue weighted by atomic mass is 10.2. The first-order valence-electron chi connectivity index (χ1n) is 7.19. The lowest BCUT2D eigenvalue weighted by molar-refractivity contribution is -0.113. The van der Waals surface area contributed by atoms with Gasteiger partial charge in [0, 0.05) is 5.02 Å². The number of hydrogen-bond acceptors (Lipinski definition) is 4. The average Bonchev–Trinajstić information content (AvgIpc) is 2.82. The second-order valence-electron chi connectivity index (χ2n) is 5.50. The van der Waals surface area contributed by atoms with Crippen LogP contribution in [0.2, 0.25) is 5.02 Å². The molecule has 0 saturated carbocycles. The summed E-state index contributed by atoms with van der Waals surface area (Å²) in [4.78, 5) is 19.2. The number of amidine groups is 1. The third-order valence-electron chi connectivity index (χ3n) is 3.67. The molecule has 2 aliphatic heterocycles. The van der Waals surface area contributed by atoms with Crippen LogP contribution in [-0.2, 0) is 9.53 Å². The smallest absolute Gasteiger partial charge is 0.286 e. The Morgan fingerprint density at radius 3 is 2.55 bits per heavy atom. The molecular formula is C16H17ClN2O2S. The van der Waals surface area contributed by atoms with Crippen molar-refractivity contribution >= 4 is 40.5 Å². The van der Waals surface area contributed by atoms with Gasteiger partial charge >= 0.3 is 0 Å². The van der Waals surface area contributed by atoms with Gasteiger partial charge in [0.2, 0.25) is 0 Å². The van der Waals surface area contributed by atoms with Crippen molar-refractivity contribution in [3.63, 3.8) is 0 Å². The highest BCUT2D eigenvalue weighted by molar-refractivity contribution is 8.18. The molecule has 2 aliphatic rings. The molecule has 1 saturated heterocycles. The van der Waals surface area contributed by atoms with Crippen molar-refractivity contribution in [1.29, 1.82) is 0 Å². The van der Waals surface area contributed by atoms with Crippen molar-refractivity contribution in [1.82, 2.24) is 4.90 Å². The summed E-state index contributed by atoms with van der Waals surface area (Å²) in [7, 11) is 0. The van der Waals surface area contributed by atoms with Gasteiger partial charge in [-0.05, 0) is 49.4 Å². The molecule has 1 fully saturated rings. The van der Waals surface area contributed by atoms with Crippen LogP contribution < -0.4 is 0 Å². The topological polar surface area (TPSA) is 41.9 Å². The largest absolute Gasteiger partial charge is 0.377 e. The maximum atomic E-state index is 12.2. The van der Waals surface area contributed by atoms with Crippen molar-refractivity contribution in [3.8, 4) is 0 Å². The fraction of sp³-hybridized carbons (Fsp3) is 0.375. The molecule has 2 atom stereocenters. The Kier molecular flexibility index (Phi) is 4.57. The summed E-state index contributed by atoms with van der Waals surface area (Å²) < 4.78 is 5.53. The van der Waals surface area contributed by atoms with Crippen LogP contribution >= 0.6 is 23.4 Å². The van der Waals surface area contributed by atoms with E-state index in [0.717, 1.165) is 10.7 Å². The van der Waals surface area contributed by atoms with Gasteiger partial charge in [-0.15, -0.1) is 0 Å².